The molecule has 0 amide bonds. The van der Waals surface area contributed by atoms with Crippen LogP contribution in [0.3, 0.4) is 0 Å². The zero-order valence-corrected chi connectivity index (χ0v) is 19.1. The summed E-state index contributed by atoms with van der Waals surface area (Å²) < 4.78 is 65.2. The van der Waals surface area contributed by atoms with Crippen LogP contribution in [0.15, 0.2) is 24.7 Å². The standard InChI is InChI=1S/C20H17ClF4N6O6/c21-18-29-13(26)12-14(30-18)31(7-28-12)15-10(22)3-9(37-15)6-36-19(16(32)33,17(34)35)4-8-1-2-11(27-5-8)20(23,24)25/h1-2,5,7,9-10,15H,3-4,6H2,(H,32,33)(H,34,35)(H2,26,29,30). The summed E-state index contributed by atoms with van der Waals surface area (Å²) in [5.41, 5.74) is 1.65. The van der Waals surface area contributed by atoms with E-state index in [1.54, 1.807) is 0 Å². The molecule has 3 aromatic heterocycles. The first-order valence-electron chi connectivity index (χ1n) is 10.4. The summed E-state index contributed by atoms with van der Waals surface area (Å²) in [6.07, 6.45) is -8.08. The molecule has 3 atom stereocenters. The van der Waals surface area contributed by atoms with Crippen LogP contribution in [0.5, 0.6) is 0 Å². The lowest BCUT2D eigenvalue weighted by Crippen LogP contribution is -2.52. The molecule has 37 heavy (non-hydrogen) atoms. The highest BCUT2D eigenvalue weighted by molar-refractivity contribution is 6.28. The lowest BCUT2D eigenvalue weighted by molar-refractivity contribution is -0.188. The number of nitrogen functional groups attached to an aromatic ring is 1. The van der Waals surface area contributed by atoms with E-state index in [1.807, 2.05) is 0 Å². The summed E-state index contributed by atoms with van der Waals surface area (Å²) in [5.74, 6) is -3.89. The molecule has 1 fully saturated rings. The van der Waals surface area contributed by atoms with Crippen molar-refractivity contribution in [3.8, 4) is 0 Å². The molecule has 4 rings (SSSR count). The van der Waals surface area contributed by atoms with Gasteiger partial charge in [-0.3, -0.25) is 9.55 Å². The molecular formula is C20H17ClF4N6O6. The van der Waals surface area contributed by atoms with Gasteiger partial charge in [0.15, 0.2) is 17.7 Å². The predicted octanol–water partition coefficient (Wildman–Crippen LogP) is 2.27. The van der Waals surface area contributed by atoms with Crippen LogP contribution in [0.25, 0.3) is 11.2 Å². The number of aliphatic carboxylic acids is 2. The van der Waals surface area contributed by atoms with E-state index >= 15 is 0 Å². The number of fused-ring (bicyclic) bond motifs is 1. The van der Waals surface area contributed by atoms with Crippen molar-refractivity contribution in [2.24, 2.45) is 0 Å². The molecule has 1 aliphatic rings. The number of hydrogen-bond donors (Lipinski definition) is 3. The van der Waals surface area contributed by atoms with Crippen molar-refractivity contribution in [1.82, 2.24) is 24.5 Å². The first-order valence-corrected chi connectivity index (χ1v) is 10.8. The molecule has 0 radical (unpaired) electrons. The number of nitrogens with zero attached hydrogens (tertiary/aromatic N) is 5. The second-order valence-electron chi connectivity index (χ2n) is 8.08. The lowest BCUT2D eigenvalue weighted by atomic mass is 9.95. The van der Waals surface area contributed by atoms with Gasteiger partial charge in [-0.05, 0) is 23.2 Å². The SMILES string of the molecule is Nc1nc(Cl)nc2c1ncn2C1OC(COC(Cc2ccc(C(F)(F)F)nc2)(C(=O)O)C(=O)O)CC1F. The van der Waals surface area contributed by atoms with Crippen molar-refractivity contribution in [1.29, 1.82) is 0 Å². The number of nitrogens with two attached hydrogens (primary N) is 1. The van der Waals surface area contributed by atoms with Crippen LogP contribution in [0.1, 0.15) is 23.9 Å². The molecule has 0 aliphatic carbocycles. The Morgan fingerprint density at radius 3 is 2.51 bits per heavy atom. The molecule has 3 unspecified atom stereocenters. The van der Waals surface area contributed by atoms with Crippen LogP contribution in [-0.4, -0.2) is 71.1 Å². The van der Waals surface area contributed by atoms with Crippen LogP contribution >= 0.6 is 11.6 Å². The van der Waals surface area contributed by atoms with Gasteiger partial charge >= 0.3 is 18.1 Å². The topological polar surface area (TPSA) is 176 Å². The highest BCUT2D eigenvalue weighted by Crippen LogP contribution is 2.35. The van der Waals surface area contributed by atoms with Crippen LogP contribution < -0.4 is 5.73 Å². The van der Waals surface area contributed by atoms with Crippen molar-refractivity contribution in [3.05, 3.63) is 41.2 Å². The molecule has 3 aromatic rings. The van der Waals surface area contributed by atoms with E-state index < -0.39 is 60.9 Å². The van der Waals surface area contributed by atoms with Crippen LogP contribution in [-0.2, 0) is 31.7 Å². The number of carboxylic acid groups (broad SMARTS) is 2. The maximum atomic E-state index is 14.9. The summed E-state index contributed by atoms with van der Waals surface area (Å²) in [5, 5.41) is 19.1. The zero-order valence-electron chi connectivity index (χ0n) is 18.4. The van der Waals surface area contributed by atoms with Gasteiger partial charge in [0.05, 0.1) is 19.0 Å². The Balaban J connectivity index is 1.52. The number of carbonyl (C=O) groups is 2. The Kier molecular flexibility index (Phi) is 6.91. The number of alkyl halides is 4. The van der Waals surface area contributed by atoms with E-state index in [4.69, 9.17) is 26.8 Å². The first kappa shape index (κ1) is 26.4. The number of aromatic nitrogens is 5. The Labute approximate surface area is 209 Å². The van der Waals surface area contributed by atoms with E-state index in [0.717, 1.165) is 6.07 Å². The summed E-state index contributed by atoms with van der Waals surface area (Å²) in [4.78, 5) is 38.8. The third-order valence-corrected chi connectivity index (χ3v) is 5.77. The fourth-order valence-corrected chi connectivity index (χ4v) is 3.96. The van der Waals surface area contributed by atoms with Gasteiger partial charge in [-0.25, -0.2) is 19.0 Å². The van der Waals surface area contributed by atoms with Gasteiger partial charge in [0.1, 0.15) is 17.4 Å². The molecular weight excluding hydrogens is 532 g/mol. The highest BCUT2D eigenvalue weighted by Gasteiger charge is 2.50. The van der Waals surface area contributed by atoms with Crippen LogP contribution in [0.4, 0.5) is 23.4 Å². The maximum absolute atomic E-state index is 14.9. The summed E-state index contributed by atoms with van der Waals surface area (Å²) >= 11 is 5.81. The van der Waals surface area contributed by atoms with Gasteiger partial charge in [0.25, 0.3) is 5.60 Å². The second kappa shape index (κ2) is 9.68. The van der Waals surface area contributed by atoms with Crippen molar-refractivity contribution < 1.29 is 46.8 Å². The van der Waals surface area contributed by atoms with Gasteiger partial charge < -0.3 is 25.4 Å². The smallest absolute Gasteiger partial charge is 0.433 e. The third-order valence-electron chi connectivity index (χ3n) is 5.60. The molecule has 4 heterocycles. The average Bonchev–Trinajstić information content (AvgIpc) is 3.38. The fourth-order valence-electron chi connectivity index (χ4n) is 3.79. The van der Waals surface area contributed by atoms with Gasteiger partial charge in [0.2, 0.25) is 5.28 Å². The van der Waals surface area contributed by atoms with Gasteiger partial charge in [-0.15, -0.1) is 0 Å². The molecule has 0 bridgehead atoms. The Morgan fingerprint density at radius 2 is 1.92 bits per heavy atom. The van der Waals surface area contributed by atoms with E-state index in [0.29, 0.717) is 12.3 Å². The summed E-state index contributed by atoms with van der Waals surface area (Å²) in [7, 11) is 0. The van der Waals surface area contributed by atoms with E-state index in [2.05, 4.69) is 19.9 Å². The third kappa shape index (κ3) is 5.12. The molecule has 1 saturated heterocycles. The number of pyridine rings is 1. The Hall–Kier alpha value is -3.63. The zero-order chi connectivity index (χ0) is 27.1. The normalized spacial score (nSPS) is 20.4. The molecule has 198 valence electrons. The van der Waals surface area contributed by atoms with Gasteiger partial charge in [0, 0.05) is 19.0 Å². The van der Waals surface area contributed by atoms with E-state index in [1.165, 1.54) is 10.9 Å². The number of halogens is 5. The highest BCUT2D eigenvalue weighted by atomic mass is 35.5. The van der Waals surface area contributed by atoms with Crippen molar-refractivity contribution in [2.75, 3.05) is 12.3 Å². The number of anilines is 1. The lowest BCUT2D eigenvalue weighted by Gasteiger charge is -2.27. The monoisotopic (exact) mass is 548 g/mol. The Morgan fingerprint density at radius 1 is 1.22 bits per heavy atom. The maximum Gasteiger partial charge on any atom is 0.433 e. The van der Waals surface area contributed by atoms with Crippen molar-refractivity contribution in [2.45, 2.75) is 43.1 Å². The van der Waals surface area contributed by atoms with Crippen molar-refractivity contribution >= 4 is 40.5 Å². The Bertz CT molecular complexity index is 1320. The van der Waals surface area contributed by atoms with Crippen LogP contribution in [0.2, 0.25) is 5.28 Å². The first-order chi connectivity index (χ1) is 17.3. The minimum absolute atomic E-state index is 0.0486. The molecule has 1 aliphatic heterocycles. The molecule has 0 saturated carbocycles. The minimum atomic E-state index is -4.74. The quantitative estimate of drug-likeness (QED) is 0.214. The molecule has 0 spiro atoms. The fraction of sp³-hybridized carbons (Fsp3) is 0.400. The summed E-state index contributed by atoms with van der Waals surface area (Å²) in [6, 6.07) is 1.47. The number of carboxylic acids is 2. The molecule has 12 nitrogen and oxygen atoms in total. The summed E-state index contributed by atoms with van der Waals surface area (Å²) in [6.45, 7) is -0.673. The van der Waals surface area contributed by atoms with Gasteiger partial charge in [-0.2, -0.15) is 23.1 Å². The molecule has 0 aromatic carbocycles. The number of imidazole rings is 1. The van der Waals surface area contributed by atoms with Gasteiger partial charge in [-0.1, -0.05) is 6.07 Å². The predicted molar refractivity (Wildman–Crippen MR) is 115 cm³/mol. The van der Waals surface area contributed by atoms with Crippen LogP contribution in [0, 0.1) is 0 Å². The molecule has 4 N–H and O–H groups in total. The van der Waals surface area contributed by atoms with Crippen molar-refractivity contribution in [3.63, 3.8) is 0 Å². The number of ether oxygens (including phenoxy) is 2. The number of hydrogen-bond acceptors (Lipinski definition) is 9. The number of rotatable bonds is 8. The second-order valence-corrected chi connectivity index (χ2v) is 8.41. The minimum Gasteiger partial charge on any atom is -0.479 e. The van der Waals surface area contributed by atoms with E-state index in [9.17, 15) is 37.4 Å². The molecule has 17 heteroatoms. The average molecular weight is 549 g/mol. The largest absolute Gasteiger partial charge is 0.479 e. The van der Waals surface area contributed by atoms with E-state index in [-0.39, 0.29) is 34.2 Å².